The van der Waals surface area contributed by atoms with Crippen LogP contribution in [0.3, 0.4) is 0 Å². The number of sulfonamides is 1. The minimum Gasteiger partial charge on any atom is -0.351 e. The zero-order valence-electron chi connectivity index (χ0n) is 16.3. The van der Waals surface area contributed by atoms with E-state index < -0.39 is 27.7 Å². The fraction of sp³-hybridized carbons (Fsp3) is 0.350. The highest BCUT2D eigenvalue weighted by molar-refractivity contribution is 7.89. The molecule has 0 aromatic heterocycles. The summed E-state index contributed by atoms with van der Waals surface area (Å²) in [5.74, 6) is -0.590. The third-order valence-electron chi connectivity index (χ3n) is 4.21. The van der Waals surface area contributed by atoms with Crippen molar-refractivity contribution in [3.8, 4) is 0 Å². The number of halogens is 3. The summed E-state index contributed by atoms with van der Waals surface area (Å²) >= 11 is 0. The van der Waals surface area contributed by atoms with Crippen molar-refractivity contribution in [1.82, 2.24) is 10.0 Å². The van der Waals surface area contributed by atoms with E-state index in [9.17, 15) is 26.4 Å². The molecule has 2 aromatic rings. The average Bonchev–Trinajstić information content (AvgIpc) is 2.64. The van der Waals surface area contributed by atoms with Crippen LogP contribution in [0.15, 0.2) is 53.4 Å². The van der Waals surface area contributed by atoms with Gasteiger partial charge in [-0.25, -0.2) is 13.1 Å². The van der Waals surface area contributed by atoms with Crippen LogP contribution >= 0.6 is 0 Å². The number of rotatable bonds is 6. The van der Waals surface area contributed by atoms with Gasteiger partial charge in [0.2, 0.25) is 10.0 Å². The first-order valence-electron chi connectivity index (χ1n) is 8.86. The van der Waals surface area contributed by atoms with Crippen LogP contribution in [0.4, 0.5) is 13.2 Å². The summed E-state index contributed by atoms with van der Waals surface area (Å²) in [4.78, 5) is 12.1. The Morgan fingerprint density at radius 3 is 1.86 bits per heavy atom. The number of amides is 1. The molecule has 0 heterocycles. The maximum absolute atomic E-state index is 12.5. The van der Waals surface area contributed by atoms with E-state index in [1.165, 1.54) is 12.1 Å². The summed E-state index contributed by atoms with van der Waals surface area (Å²) in [7, 11) is -3.73. The molecule has 0 fully saturated rings. The highest BCUT2D eigenvalue weighted by Gasteiger charge is 2.30. The Balaban J connectivity index is 1.88. The lowest BCUT2D eigenvalue weighted by atomic mass is 9.87. The molecule has 0 spiro atoms. The van der Waals surface area contributed by atoms with Crippen LogP contribution in [0.2, 0.25) is 0 Å². The molecule has 0 saturated carbocycles. The van der Waals surface area contributed by atoms with Crippen LogP contribution in [0, 0.1) is 0 Å². The monoisotopic (exact) mass is 428 g/mol. The lowest BCUT2D eigenvalue weighted by Crippen LogP contribution is -2.34. The van der Waals surface area contributed by atoms with Crippen LogP contribution in [-0.4, -0.2) is 27.4 Å². The van der Waals surface area contributed by atoms with Gasteiger partial charge in [-0.3, -0.25) is 4.79 Å². The second-order valence-electron chi connectivity index (χ2n) is 7.50. The Labute approximate surface area is 168 Å². The van der Waals surface area contributed by atoms with E-state index in [2.05, 4.69) is 10.0 Å². The van der Waals surface area contributed by atoms with E-state index in [-0.39, 0.29) is 29.0 Å². The fourth-order valence-electron chi connectivity index (χ4n) is 2.49. The topological polar surface area (TPSA) is 75.3 Å². The Morgan fingerprint density at radius 1 is 0.862 bits per heavy atom. The maximum Gasteiger partial charge on any atom is 0.416 e. The molecule has 158 valence electrons. The van der Waals surface area contributed by atoms with E-state index in [0.29, 0.717) is 0 Å². The molecule has 0 unspecified atom stereocenters. The Hall–Kier alpha value is -2.39. The van der Waals surface area contributed by atoms with Crippen molar-refractivity contribution in [2.45, 2.75) is 37.3 Å². The van der Waals surface area contributed by atoms with Gasteiger partial charge in [-0.2, -0.15) is 13.2 Å². The molecule has 1 amide bonds. The second-order valence-corrected chi connectivity index (χ2v) is 9.27. The number of carbonyl (C=O) groups is 1. The molecule has 0 aliphatic carbocycles. The standard InChI is InChI=1S/C20H23F3N2O3S/c1-19(2,3)15-8-10-17(11-9-15)29(27,28)25-13-12-24-18(26)14-4-6-16(7-5-14)20(21,22)23/h4-11,25H,12-13H2,1-3H3,(H,24,26). The minimum absolute atomic E-state index is 0.0147. The third kappa shape index (κ3) is 6.30. The van der Waals surface area contributed by atoms with E-state index in [1.54, 1.807) is 12.1 Å². The van der Waals surface area contributed by atoms with Gasteiger partial charge >= 0.3 is 6.18 Å². The number of benzene rings is 2. The minimum atomic E-state index is -4.47. The Morgan fingerprint density at radius 2 is 1.38 bits per heavy atom. The summed E-state index contributed by atoms with van der Waals surface area (Å²) in [6, 6.07) is 10.3. The maximum atomic E-state index is 12.5. The van der Waals surface area contributed by atoms with Gasteiger partial charge in [0.05, 0.1) is 10.5 Å². The van der Waals surface area contributed by atoms with E-state index >= 15 is 0 Å². The molecule has 9 heteroatoms. The SMILES string of the molecule is CC(C)(C)c1ccc(S(=O)(=O)NCCNC(=O)c2ccc(C(F)(F)F)cc2)cc1. The first kappa shape index (κ1) is 22.9. The van der Waals surface area contributed by atoms with Crippen molar-refractivity contribution < 1.29 is 26.4 Å². The van der Waals surface area contributed by atoms with E-state index in [1.807, 2.05) is 20.8 Å². The fourth-order valence-corrected chi connectivity index (χ4v) is 3.52. The van der Waals surface area contributed by atoms with Gasteiger partial charge in [0, 0.05) is 18.7 Å². The van der Waals surface area contributed by atoms with Crippen molar-refractivity contribution in [3.05, 3.63) is 65.2 Å². The van der Waals surface area contributed by atoms with Crippen LogP contribution in [-0.2, 0) is 21.6 Å². The molecule has 5 nitrogen and oxygen atoms in total. The van der Waals surface area contributed by atoms with Crippen molar-refractivity contribution in [1.29, 1.82) is 0 Å². The van der Waals surface area contributed by atoms with Gasteiger partial charge in [-0.15, -0.1) is 0 Å². The van der Waals surface area contributed by atoms with Crippen LogP contribution < -0.4 is 10.0 Å². The number of hydrogen-bond donors (Lipinski definition) is 2. The molecule has 0 aliphatic rings. The number of carbonyl (C=O) groups excluding carboxylic acids is 1. The molecule has 2 aromatic carbocycles. The van der Waals surface area contributed by atoms with Gasteiger partial charge in [0.1, 0.15) is 0 Å². The number of alkyl halides is 3. The Bertz CT molecular complexity index is 946. The summed E-state index contributed by atoms with van der Waals surface area (Å²) in [6.45, 7) is 5.99. The van der Waals surface area contributed by atoms with Crippen molar-refractivity contribution in [2.24, 2.45) is 0 Å². The van der Waals surface area contributed by atoms with Crippen LogP contribution in [0.5, 0.6) is 0 Å². The van der Waals surface area contributed by atoms with Gasteiger partial charge in [-0.05, 0) is 47.4 Å². The molecule has 2 rings (SSSR count). The van der Waals surface area contributed by atoms with Crippen LogP contribution in [0.1, 0.15) is 42.3 Å². The number of hydrogen-bond acceptors (Lipinski definition) is 3. The van der Waals surface area contributed by atoms with Crippen molar-refractivity contribution >= 4 is 15.9 Å². The highest BCUT2D eigenvalue weighted by atomic mass is 32.2. The molecule has 29 heavy (non-hydrogen) atoms. The summed E-state index contributed by atoms with van der Waals surface area (Å²) < 4.78 is 64.6. The van der Waals surface area contributed by atoms with Gasteiger partial charge in [0.15, 0.2) is 0 Å². The normalized spacial score (nSPS) is 12.6. The first-order chi connectivity index (χ1) is 13.3. The zero-order valence-corrected chi connectivity index (χ0v) is 17.1. The molecule has 0 atom stereocenters. The molecule has 0 bridgehead atoms. The summed E-state index contributed by atoms with van der Waals surface area (Å²) in [6.07, 6.45) is -4.47. The average molecular weight is 428 g/mol. The largest absolute Gasteiger partial charge is 0.416 e. The zero-order chi connectivity index (χ0) is 21.9. The molecular formula is C20H23F3N2O3S. The van der Waals surface area contributed by atoms with Gasteiger partial charge < -0.3 is 5.32 Å². The van der Waals surface area contributed by atoms with Gasteiger partial charge in [0.25, 0.3) is 5.91 Å². The van der Waals surface area contributed by atoms with Crippen LogP contribution in [0.25, 0.3) is 0 Å². The quantitative estimate of drug-likeness (QED) is 0.689. The Kier molecular flexibility index (Phi) is 6.74. The molecule has 0 saturated heterocycles. The van der Waals surface area contributed by atoms with Gasteiger partial charge in [-0.1, -0.05) is 32.9 Å². The molecular weight excluding hydrogens is 405 g/mol. The lowest BCUT2D eigenvalue weighted by molar-refractivity contribution is -0.137. The molecule has 0 aliphatic heterocycles. The van der Waals surface area contributed by atoms with E-state index in [0.717, 1.165) is 29.8 Å². The third-order valence-corrected chi connectivity index (χ3v) is 5.68. The van der Waals surface area contributed by atoms with Crippen molar-refractivity contribution in [2.75, 3.05) is 13.1 Å². The summed E-state index contributed by atoms with van der Waals surface area (Å²) in [5.41, 5.74) is 0.108. The predicted octanol–water partition coefficient (Wildman–Crippen LogP) is 3.71. The summed E-state index contributed by atoms with van der Waals surface area (Å²) in [5, 5.41) is 2.46. The lowest BCUT2D eigenvalue weighted by Gasteiger charge is -2.19. The molecule has 0 radical (unpaired) electrons. The first-order valence-corrected chi connectivity index (χ1v) is 10.3. The number of nitrogens with one attached hydrogen (secondary N) is 2. The predicted molar refractivity (Wildman–Crippen MR) is 104 cm³/mol. The molecule has 2 N–H and O–H groups in total. The van der Waals surface area contributed by atoms with Crippen molar-refractivity contribution in [3.63, 3.8) is 0 Å². The smallest absolute Gasteiger partial charge is 0.351 e. The highest BCUT2D eigenvalue weighted by Crippen LogP contribution is 2.29. The second kappa shape index (κ2) is 8.54. The van der Waals surface area contributed by atoms with E-state index in [4.69, 9.17) is 0 Å².